The molecule has 2 aromatic rings. The second-order valence-corrected chi connectivity index (χ2v) is 5.61. The maximum Gasteiger partial charge on any atom is 0.228 e. The molecule has 2 atom stereocenters. The molecule has 0 spiro atoms. The summed E-state index contributed by atoms with van der Waals surface area (Å²) >= 11 is 0. The van der Waals surface area contributed by atoms with Crippen molar-refractivity contribution < 1.29 is 9.53 Å². The lowest BCUT2D eigenvalue weighted by atomic mass is 10.1. The van der Waals surface area contributed by atoms with Crippen LogP contribution in [-0.4, -0.2) is 19.5 Å². The van der Waals surface area contributed by atoms with Crippen LogP contribution < -0.4 is 15.4 Å². The molecule has 0 fully saturated rings. The van der Waals surface area contributed by atoms with E-state index in [9.17, 15) is 4.79 Å². The summed E-state index contributed by atoms with van der Waals surface area (Å²) in [6.07, 6.45) is -0.0935. The Balaban J connectivity index is 2.10. The summed E-state index contributed by atoms with van der Waals surface area (Å²) in [5.74, 6) is 0.538. The molecule has 2 unspecified atom stereocenters. The normalized spacial score (nSPS) is 13.2. The quantitative estimate of drug-likeness (QED) is 0.821. The predicted molar refractivity (Wildman–Crippen MR) is 93.6 cm³/mol. The van der Waals surface area contributed by atoms with Crippen LogP contribution in [0.2, 0.25) is 0 Å². The lowest BCUT2D eigenvalue weighted by Gasteiger charge is -2.19. The highest BCUT2D eigenvalue weighted by Crippen LogP contribution is 2.29. The van der Waals surface area contributed by atoms with Crippen LogP contribution >= 0.6 is 0 Å². The largest absolute Gasteiger partial charge is 0.484 e. The first-order chi connectivity index (χ1) is 11.1. The van der Waals surface area contributed by atoms with Crippen molar-refractivity contribution in [3.8, 4) is 5.75 Å². The third kappa shape index (κ3) is 4.83. The Hall–Kier alpha value is -2.33. The Morgan fingerprint density at radius 1 is 1.04 bits per heavy atom. The number of carbonyl (C=O) groups excluding carboxylic acids is 1. The van der Waals surface area contributed by atoms with Gasteiger partial charge in [-0.15, -0.1) is 0 Å². The number of anilines is 1. The van der Waals surface area contributed by atoms with E-state index in [4.69, 9.17) is 4.74 Å². The van der Waals surface area contributed by atoms with Gasteiger partial charge in [-0.3, -0.25) is 4.79 Å². The van der Waals surface area contributed by atoms with Gasteiger partial charge in [0.25, 0.3) is 0 Å². The van der Waals surface area contributed by atoms with Crippen molar-refractivity contribution in [1.29, 1.82) is 0 Å². The fourth-order valence-electron chi connectivity index (χ4n) is 2.31. The van der Waals surface area contributed by atoms with E-state index in [1.54, 1.807) is 0 Å². The first kappa shape index (κ1) is 17.0. The van der Waals surface area contributed by atoms with Gasteiger partial charge in [-0.25, -0.2) is 0 Å². The molecule has 4 nitrogen and oxygen atoms in total. The molecule has 2 aromatic carbocycles. The topological polar surface area (TPSA) is 50.4 Å². The molecule has 0 aliphatic carbocycles. The molecule has 0 heterocycles. The van der Waals surface area contributed by atoms with Gasteiger partial charge in [0.15, 0.2) is 0 Å². The monoisotopic (exact) mass is 312 g/mol. The van der Waals surface area contributed by atoms with E-state index >= 15 is 0 Å². The minimum Gasteiger partial charge on any atom is -0.484 e. The van der Waals surface area contributed by atoms with E-state index in [0.29, 0.717) is 18.0 Å². The van der Waals surface area contributed by atoms with Gasteiger partial charge >= 0.3 is 0 Å². The number of rotatable bonds is 7. The van der Waals surface area contributed by atoms with Crippen LogP contribution in [0.3, 0.4) is 0 Å². The Kier molecular flexibility index (Phi) is 6.18. The molecule has 0 radical (unpaired) electrons. The van der Waals surface area contributed by atoms with Crippen LogP contribution in [0.1, 0.15) is 25.5 Å². The second-order valence-electron chi connectivity index (χ2n) is 5.61. The third-order valence-corrected chi connectivity index (χ3v) is 3.68. The summed E-state index contributed by atoms with van der Waals surface area (Å²) < 4.78 is 6.04. The van der Waals surface area contributed by atoms with Gasteiger partial charge in [-0.2, -0.15) is 0 Å². The van der Waals surface area contributed by atoms with Gasteiger partial charge in [-0.1, -0.05) is 49.4 Å². The van der Waals surface area contributed by atoms with E-state index in [1.165, 1.54) is 0 Å². The fraction of sp³-hybridized carbons (Fsp3) is 0.316. The maximum atomic E-state index is 12.2. The number of hydrogen-bond donors (Lipinski definition) is 2. The first-order valence-electron chi connectivity index (χ1n) is 7.88. The number of para-hydroxylation sites is 2. The van der Waals surface area contributed by atoms with Crippen molar-refractivity contribution in [1.82, 2.24) is 5.32 Å². The lowest BCUT2D eigenvalue weighted by molar-refractivity contribution is -0.119. The van der Waals surface area contributed by atoms with E-state index in [-0.39, 0.29) is 17.9 Å². The van der Waals surface area contributed by atoms with Crippen LogP contribution in [0, 0.1) is 5.92 Å². The Morgan fingerprint density at radius 3 is 2.39 bits per heavy atom. The lowest BCUT2D eigenvalue weighted by Crippen LogP contribution is -2.28. The van der Waals surface area contributed by atoms with Crippen molar-refractivity contribution in [3.05, 3.63) is 60.2 Å². The van der Waals surface area contributed by atoms with Gasteiger partial charge in [0, 0.05) is 12.5 Å². The van der Waals surface area contributed by atoms with E-state index in [2.05, 4.69) is 10.6 Å². The zero-order valence-corrected chi connectivity index (χ0v) is 13.9. The highest BCUT2D eigenvalue weighted by molar-refractivity contribution is 5.93. The van der Waals surface area contributed by atoms with Gasteiger partial charge in [0.1, 0.15) is 11.9 Å². The van der Waals surface area contributed by atoms with Crippen LogP contribution in [0.25, 0.3) is 0 Å². The molecule has 0 saturated carbocycles. The third-order valence-electron chi connectivity index (χ3n) is 3.68. The van der Waals surface area contributed by atoms with Crippen molar-refractivity contribution >= 4 is 11.6 Å². The van der Waals surface area contributed by atoms with Crippen molar-refractivity contribution in [2.75, 3.05) is 18.9 Å². The maximum absolute atomic E-state index is 12.2. The van der Waals surface area contributed by atoms with Gasteiger partial charge < -0.3 is 15.4 Å². The minimum atomic E-state index is -0.111. The first-order valence-corrected chi connectivity index (χ1v) is 7.88. The van der Waals surface area contributed by atoms with Gasteiger partial charge in [0.2, 0.25) is 5.91 Å². The highest BCUT2D eigenvalue weighted by Gasteiger charge is 2.15. The summed E-state index contributed by atoms with van der Waals surface area (Å²) in [6, 6.07) is 17.5. The molecule has 0 aromatic heterocycles. The number of ether oxygens (including phenoxy) is 1. The van der Waals surface area contributed by atoms with Crippen LogP contribution in [0.15, 0.2) is 54.6 Å². The average molecular weight is 312 g/mol. The van der Waals surface area contributed by atoms with Crippen molar-refractivity contribution in [3.63, 3.8) is 0 Å². The van der Waals surface area contributed by atoms with E-state index in [0.717, 1.165) is 5.56 Å². The number of nitrogens with one attached hydrogen (secondary N) is 2. The van der Waals surface area contributed by atoms with Crippen molar-refractivity contribution in [2.45, 2.75) is 20.0 Å². The summed E-state index contributed by atoms with van der Waals surface area (Å²) in [4.78, 5) is 12.2. The number of carbonyl (C=O) groups is 1. The molecule has 23 heavy (non-hydrogen) atoms. The van der Waals surface area contributed by atoms with Crippen LogP contribution in [0.4, 0.5) is 5.69 Å². The molecule has 122 valence electrons. The summed E-state index contributed by atoms with van der Waals surface area (Å²) in [6.45, 7) is 4.52. The SMILES string of the molecule is CNCC(C)C(=O)Nc1ccccc1OC(C)c1ccccc1. The standard InChI is InChI=1S/C19H24N2O2/c1-14(13-20-3)19(22)21-17-11-7-8-12-18(17)23-15(2)16-9-5-4-6-10-16/h4-12,14-15,20H,13H2,1-3H3,(H,21,22). The molecular formula is C19H24N2O2. The summed E-state index contributed by atoms with van der Waals surface area (Å²) in [5.41, 5.74) is 1.79. The number of benzene rings is 2. The van der Waals surface area contributed by atoms with Crippen LogP contribution in [0.5, 0.6) is 5.75 Å². The summed E-state index contributed by atoms with van der Waals surface area (Å²) in [7, 11) is 1.84. The smallest absolute Gasteiger partial charge is 0.228 e. The van der Waals surface area contributed by atoms with Gasteiger partial charge in [-0.05, 0) is 31.7 Å². The van der Waals surface area contributed by atoms with E-state index in [1.807, 2.05) is 75.5 Å². The summed E-state index contributed by atoms with van der Waals surface area (Å²) in [5, 5.41) is 5.96. The second kappa shape index (κ2) is 8.34. The molecule has 0 aliphatic rings. The van der Waals surface area contributed by atoms with E-state index < -0.39 is 0 Å². The molecule has 0 bridgehead atoms. The molecule has 0 saturated heterocycles. The highest BCUT2D eigenvalue weighted by atomic mass is 16.5. The molecular weight excluding hydrogens is 288 g/mol. The zero-order chi connectivity index (χ0) is 16.7. The van der Waals surface area contributed by atoms with Crippen molar-refractivity contribution in [2.24, 2.45) is 5.92 Å². The Morgan fingerprint density at radius 2 is 1.70 bits per heavy atom. The molecule has 0 aliphatic heterocycles. The minimum absolute atomic E-state index is 0.0252. The molecule has 1 amide bonds. The Bertz CT molecular complexity index is 628. The van der Waals surface area contributed by atoms with Gasteiger partial charge in [0.05, 0.1) is 5.69 Å². The number of amides is 1. The number of hydrogen-bond acceptors (Lipinski definition) is 3. The zero-order valence-electron chi connectivity index (χ0n) is 13.9. The Labute approximate surface area is 137 Å². The molecule has 4 heteroatoms. The van der Waals surface area contributed by atoms with Crippen LogP contribution in [-0.2, 0) is 4.79 Å². The molecule has 2 N–H and O–H groups in total. The predicted octanol–water partition coefficient (Wildman–Crippen LogP) is 3.62. The fourth-order valence-corrected chi connectivity index (χ4v) is 2.31. The average Bonchev–Trinajstić information content (AvgIpc) is 2.57. The molecule has 2 rings (SSSR count).